The van der Waals surface area contributed by atoms with Crippen molar-refractivity contribution in [3.8, 4) is 5.75 Å². The number of hydrogen-bond donors (Lipinski definition) is 2. The maximum Gasteiger partial charge on any atom is 0.124 e. The van der Waals surface area contributed by atoms with Crippen molar-refractivity contribution in [1.82, 2.24) is 5.43 Å². The minimum atomic E-state index is 0.184. The minimum Gasteiger partial charge on any atom is -0.493 e. The number of hydrogen-bond acceptors (Lipinski definition) is 3. The number of rotatable bonds is 12. The summed E-state index contributed by atoms with van der Waals surface area (Å²) in [5, 5.41) is 0. The summed E-state index contributed by atoms with van der Waals surface area (Å²) in [5.74, 6) is 6.73. The van der Waals surface area contributed by atoms with E-state index in [4.69, 9.17) is 10.6 Å². The molecule has 0 heterocycles. The molecule has 1 atom stereocenters. The zero-order valence-corrected chi connectivity index (χ0v) is 13.7. The maximum absolute atomic E-state index is 5.83. The van der Waals surface area contributed by atoms with E-state index in [-0.39, 0.29) is 6.04 Å². The van der Waals surface area contributed by atoms with Crippen LogP contribution in [0.25, 0.3) is 0 Å². The summed E-state index contributed by atoms with van der Waals surface area (Å²) in [6.07, 6.45) is 9.92. The SMILES string of the molecule is CCCCCCCCC(NN)c1ccccc1OCCC. The highest BCUT2D eigenvalue weighted by atomic mass is 16.5. The summed E-state index contributed by atoms with van der Waals surface area (Å²) in [5.41, 5.74) is 4.14. The molecule has 21 heavy (non-hydrogen) atoms. The van der Waals surface area contributed by atoms with E-state index in [1.54, 1.807) is 0 Å². The molecule has 1 rings (SSSR count). The molecule has 1 unspecified atom stereocenters. The van der Waals surface area contributed by atoms with Crippen molar-refractivity contribution in [2.75, 3.05) is 6.61 Å². The first-order valence-corrected chi connectivity index (χ1v) is 8.51. The fourth-order valence-corrected chi connectivity index (χ4v) is 2.57. The number of benzene rings is 1. The van der Waals surface area contributed by atoms with Gasteiger partial charge in [-0.3, -0.25) is 11.3 Å². The molecule has 0 fully saturated rings. The summed E-state index contributed by atoms with van der Waals surface area (Å²) in [4.78, 5) is 0. The Labute approximate surface area is 130 Å². The van der Waals surface area contributed by atoms with Crippen molar-refractivity contribution in [2.24, 2.45) is 5.84 Å². The topological polar surface area (TPSA) is 47.3 Å². The van der Waals surface area contributed by atoms with Crippen molar-refractivity contribution in [1.29, 1.82) is 0 Å². The van der Waals surface area contributed by atoms with Crippen LogP contribution in [0.4, 0.5) is 0 Å². The van der Waals surface area contributed by atoms with Gasteiger partial charge in [0, 0.05) is 11.6 Å². The Morgan fingerprint density at radius 2 is 1.71 bits per heavy atom. The average molecular weight is 292 g/mol. The van der Waals surface area contributed by atoms with Crippen LogP contribution in [0.15, 0.2) is 24.3 Å². The zero-order chi connectivity index (χ0) is 15.3. The summed E-state index contributed by atoms with van der Waals surface area (Å²) in [7, 11) is 0. The fourth-order valence-electron chi connectivity index (χ4n) is 2.57. The van der Waals surface area contributed by atoms with Gasteiger partial charge in [0.25, 0.3) is 0 Å². The summed E-state index contributed by atoms with van der Waals surface area (Å²) in [6, 6.07) is 8.42. The predicted molar refractivity (Wildman–Crippen MR) is 90.3 cm³/mol. The lowest BCUT2D eigenvalue weighted by Crippen LogP contribution is -2.28. The number of unbranched alkanes of at least 4 members (excludes halogenated alkanes) is 5. The van der Waals surface area contributed by atoms with Crippen LogP contribution in [-0.2, 0) is 0 Å². The summed E-state index contributed by atoms with van der Waals surface area (Å²) < 4.78 is 5.83. The molecule has 120 valence electrons. The highest BCUT2D eigenvalue weighted by Gasteiger charge is 2.14. The first-order chi connectivity index (χ1) is 10.3. The first-order valence-electron chi connectivity index (χ1n) is 8.51. The number of hydrazine groups is 1. The van der Waals surface area contributed by atoms with Gasteiger partial charge in [-0.25, -0.2) is 0 Å². The van der Waals surface area contributed by atoms with Gasteiger partial charge in [-0.1, -0.05) is 70.6 Å². The van der Waals surface area contributed by atoms with E-state index in [1.165, 1.54) is 44.1 Å². The van der Waals surface area contributed by atoms with E-state index in [2.05, 4.69) is 31.4 Å². The van der Waals surface area contributed by atoms with Gasteiger partial charge in [-0.05, 0) is 18.9 Å². The van der Waals surface area contributed by atoms with E-state index >= 15 is 0 Å². The molecule has 1 aromatic rings. The van der Waals surface area contributed by atoms with Crippen molar-refractivity contribution in [2.45, 2.75) is 71.3 Å². The summed E-state index contributed by atoms with van der Waals surface area (Å²) >= 11 is 0. The Kier molecular flexibility index (Phi) is 9.92. The number of nitrogens with one attached hydrogen (secondary N) is 1. The Morgan fingerprint density at radius 1 is 1.00 bits per heavy atom. The molecule has 0 aliphatic rings. The highest BCUT2D eigenvalue weighted by Crippen LogP contribution is 2.28. The molecule has 1 aromatic carbocycles. The summed E-state index contributed by atoms with van der Waals surface area (Å²) in [6.45, 7) is 5.13. The van der Waals surface area contributed by atoms with Gasteiger partial charge in [-0.2, -0.15) is 0 Å². The Bertz CT molecular complexity index is 368. The molecule has 0 saturated heterocycles. The van der Waals surface area contributed by atoms with Gasteiger partial charge in [0.15, 0.2) is 0 Å². The lowest BCUT2D eigenvalue weighted by molar-refractivity contribution is 0.308. The van der Waals surface area contributed by atoms with Gasteiger partial charge in [0.1, 0.15) is 5.75 Å². The van der Waals surface area contributed by atoms with Gasteiger partial charge < -0.3 is 4.74 Å². The van der Waals surface area contributed by atoms with E-state index in [0.29, 0.717) is 0 Å². The van der Waals surface area contributed by atoms with Crippen LogP contribution in [0, 0.1) is 0 Å². The van der Waals surface area contributed by atoms with E-state index in [0.717, 1.165) is 25.2 Å². The quantitative estimate of drug-likeness (QED) is 0.332. The van der Waals surface area contributed by atoms with Crippen LogP contribution in [0.2, 0.25) is 0 Å². The van der Waals surface area contributed by atoms with Crippen LogP contribution >= 0.6 is 0 Å². The third kappa shape index (κ3) is 6.96. The van der Waals surface area contributed by atoms with Crippen molar-refractivity contribution >= 4 is 0 Å². The largest absolute Gasteiger partial charge is 0.493 e. The molecule has 0 amide bonds. The predicted octanol–water partition coefficient (Wildman–Crippen LogP) is 4.73. The molecular weight excluding hydrogens is 260 g/mol. The Hall–Kier alpha value is -1.06. The molecule has 3 nitrogen and oxygen atoms in total. The standard InChI is InChI=1S/C18H32N2O/c1-3-5-6-7-8-9-13-17(20-19)16-12-10-11-14-18(16)21-15-4-2/h10-12,14,17,20H,3-9,13,15,19H2,1-2H3. The minimum absolute atomic E-state index is 0.184. The van der Waals surface area contributed by atoms with Crippen LogP contribution in [0.3, 0.4) is 0 Å². The van der Waals surface area contributed by atoms with Gasteiger partial charge in [0.2, 0.25) is 0 Å². The number of para-hydroxylation sites is 1. The van der Waals surface area contributed by atoms with Crippen molar-refractivity contribution in [3.63, 3.8) is 0 Å². The van der Waals surface area contributed by atoms with Crippen LogP contribution in [0.1, 0.15) is 76.8 Å². The van der Waals surface area contributed by atoms with E-state index < -0.39 is 0 Å². The molecule has 0 aromatic heterocycles. The average Bonchev–Trinajstić information content (AvgIpc) is 2.53. The number of nitrogens with two attached hydrogens (primary N) is 1. The molecule has 0 aliphatic carbocycles. The third-order valence-corrected chi connectivity index (χ3v) is 3.80. The van der Waals surface area contributed by atoms with E-state index in [9.17, 15) is 0 Å². The molecular formula is C18H32N2O. The monoisotopic (exact) mass is 292 g/mol. The molecule has 0 spiro atoms. The van der Waals surface area contributed by atoms with Gasteiger partial charge in [0.05, 0.1) is 6.61 Å². The second-order valence-electron chi connectivity index (χ2n) is 5.66. The maximum atomic E-state index is 5.83. The van der Waals surface area contributed by atoms with Gasteiger partial charge >= 0.3 is 0 Å². The molecule has 0 radical (unpaired) electrons. The second kappa shape index (κ2) is 11.6. The molecule has 0 bridgehead atoms. The zero-order valence-electron chi connectivity index (χ0n) is 13.7. The van der Waals surface area contributed by atoms with Crippen molar-refractivity contribution in [3.05, 3.63) is 29.8 Å². The smallest absolute Gasteiger partial charge is 0.124 e. The fraction of sp³-hybridized carbons (Fsp3) is 0.667. The first kappa shape index (κ1) is 18.0. The molecule has 3 heteroatoms. The Balaban J connectivity index is 2.47. The van der Waals surface area contributed by atoms with Crippen LogP contribution in [-0.4, -0.2) is 6.61 Å². The van der Waals surface area contributed by atoms with Crippen LogP contribution < -0.4 is 16.0 Å². The molecule has 3 N–H and O–H groups in total. The van der Waals surface area contributed by atoms with Gasteiger partial charge in [-0.15, -0.1) is 0 Å². The van der Waals surface area contributed by atoms with E-state index in [1.807, 2.05) is 12.1 Å². The molecule has 0 aliphatic heterocycles. The molecule has 0 saturated carbocycles. The van der Waals surface area contributed by atoms with Crippen molar-refractivity contribution < 1.29 is 4.74 Å². The lowest BCUT2D eigenvalue weighted by Gasteiger charge is -2.20. The highest BCUT2D eigenvalue weighted by molar-refractivity contribution is 5.35. The second-order valence-corrected chi connectivity index (χ2v) is 5.66. The normalized spacial score (nSPS) is 12.3. The van der Waals surface area contributed by atoms with Crippen LogP contribution in [0.5, 0.6) is 5.75 Å². The third-order valence-electron chi connectivity index (χ3n) is 3.80. The number of ether oxygens (including phenoxy) is 1. The lowest BCUT2D eigenvalue weighted by atomic mass is 9.99. The Morgan fingerprint density at radius 3 is 2.43 bits per heavy atom.